The lowest BCUT2D eigenvalue weighted by atomic mass is 10.2. The van der Waals surface area contributed by atoms with Gasteiger partial charge in [-0.05, 0) is 50.1 Å². The molecule has 0 amide bonds. The van der Waals surface area contributed by atoms with Crippen molar-refractivity contribution in [3.05, 3.63) is 47.7 Å². The summed E-state index contributed by atoms with van der Waals surface area (Å²) in [6.45, 7) is 4.48. The number of aryl methyl sites for hydroxylation is 2. The van der Waals surface area contributed by atoms with Gasteiger partial charge in [-0.1, -0.05) is 6.07 Å². The van der Waals surface area contributed by atoms with Crippen molar-refractivity contribution in [2.75, 3.05) is 20.2 Å². The number of rotatable bonds is 5. The Kier molecular flexibility index (Phi) is 4.96. The number of hydrogen-bond acceptors (Lipinski definition) is 5. The highest BCUT2D eigenvalue weighted by molar-refractivity contribution is 7.89. The predicted octanol–water partition coefficient (Wildman–Crippen LogP) is 2.55. The largest absolute Gasteiger partial charge is 0.496 e. The SMILES string of the molecule is COc1ccc(S(=O)(=O)N2CCC(Oc3cccc(C)n3)C2)cc1C. The summed E-state index contributed by atoms with van der Waals surface area (Å²) in [5, 5.41) is 0. The van der Waals surface area contributed by atoms with Crippen LogP contribution in [-0.2, 0) is 10.0 Å². The molecule has 2 heterocycles. The van der Waals surface area contributed by atoms with E-state index in [1.54, 1.807) is 31.4 Å². The molecule has 134 valence electrons. The Balaban J connectivity index is 1.73. The van der Waals surface area contributed by atoms with E-state index < -0.39 is 10.0 Å². The smallest absolute Gasteiger partial charge is 0.243 e. The van der Waals surface area contributed by atoms with Crippen LogP contribution in [0.4, 0.5) is 0 Å². The molecule has 0 spiro atoms. The lowest BCUT2D eigenvalue weighted by molar-refractivity contribution is 0.206. The highest BCUT2D eigenvalue weighted by Gasteiger charge is 2.34. The van der Waals surface area contributed by atoms with Gasteiger partial charge >= 0.3 is 0 Å². The Hall–Kier alpha value is -2.12. The van der Waals surface area contributed by atoms with Crippen LogP contribution in [0.25, 0.3) is 0 Å². The summed E-state index contributed by atoms with van der Waals surface area (Å²) in [7, 11) is -1.97. The van der Waals surface area contributed by atoms with Gasteiger partial charge in [0.15, 0.2) is 0 Å². The first-order valence-corrected chi connectivity index (χ1v) is 9.59. The molecule has 1 unspecified atom stereocenters. The van der Waals surface area contributed by atoms with Gasteiger partial charge in [-0.25, -0.2) is 13.4 Å². The molecule has 1 atom stereocenters. The number of sulfonamides is 1. The highest BCUT2D eigenvalue weighted by atomic mass is 32.2. The molecule has 0 bridgehead atoms. The molecule has 25 heavy (non-hydrogen) atoms. The second-order valence-corrected chi connectivity index (χ2v) is 8.08. The number of hydrogen-bond donors (Lipinski definition) is 0. The molecule has 6 nitrogen and oxygen atoms in total. The second kappa shape index (κ2) is 7.01. The van der Waals surface area contributed by atoms with Crippen molar-refractivity contribution in [1.82, 2.24) is 9.29 Å². The van der Waals surface area contributed by atoms with Crippen LogP contribution in [0.3, 0.4) is 0 Å². The lowest BCUT2D eigenvalue weighted by Crippen LogP contribution is -2.31. The predicted molar refractivity (Wildman–Crippen MR) is 94.5 cm³/mol. The third-order valence-corrected chi connectivity index (χ3v) is 6.12. The fourth-order valence-electron chi connectivity index (χ4n) is 2.93. The van der Waals surface area contributed by atoms with E-state index in [2.05, 4.69) is 4.98 Å². The van der Waals surface area contributed by atoms with Crippen LogP contribution in [0.5, 0.6) is 11.6 Å². The van der Waals surface area contributed by atoms with Crippen LogP contribution in [0.2, 0.25) is 0 Å². The average molecular weight is 362 g/mol. The first-order chi connectivity index (χ1) is 11.9. The Morgan fingerprint density at radius 1 is 1.20 bits per heavy atom. The molecule has 0 saturated carbocycles. The molecule has 0 aliphatic carbocycles. The minimum atomic E-state index is -3.54. The summed E-state index contributed by atoms with van der Waals surface area (Å²) >= 11 is 0. The van der Waals surface area contributed by atoms with Crippen molar-refractivity contribution in [2.24, 2.45) is 0 Å². The summed E-state index contributed by atoms with van der Waals surface area (Å²) in [4.78, 5) is 4.59. The molecule has 1 aliphatic heterocycles. The van der Waals surface area contributed by atoms with Crippen molar-refractivity contribution in [3.8, 4) is 11.6 Å². The van der Waals surface area contributed by atoms with Gasteiger partial charge in [0.25, 0.3) is 0 Å². The van der Waals surface area contributed by atoms with E-state index in [0.29, 0.717) is 31.1 Å². The van der Waals surface area contributed by atoms with Crippen molar-refractivity contribution >= 4 is 10.0 Å². The van der Waals surface area contributed by atoms with Gasteiger partial charge in [0.1, 0.15) is 11.9 Å². The first-order valence-electron chi connectivity index (χ1n) is 8.15. The Labute approximate surface area is 148 Å². The molecule has 0 radical (unpaired) electrons. The Morgan fingerprint density at radius 2 is 2.00 bits per heavy atom. The summed E-state index contributed by atoms with van der Waals surface area (Å²) in [5.41, 5.74) is 1.66. The number of ether oxygens (including phenoxy) is 2. The maximum absolute atomic E-state index is 12.9. The Morgan fingerprint density at radius 3 is 2.68 bits per heavy atom. The van der Waals surface area contributed by atoms with E-state index in [4.69, 9.17) is 9.47 Å². The molecule has 2 aromatic rings. The quantitative estimate of drug-likeness (QED) is 0.818. The number of benzene rings is 1. The van der Waals surface area contributed by atoms with Crippen LogP contribution in [0.15, 0.2) is 41.3 Å². The highest BCUT2D eigenvalue weighted by Crippen LogP contribution is 2.27. The summed E-state index contributed by atoms with van der Waals surface area (Å²) in [6, 6.07) is 10.5. The molecule has 7 heteroatoms. The van der Waals surface area contributed by atoms with E-state index in [1.165, 1.54) is 4.31 Å². The lowest BCUT2D eigenvalue weighted by Gasteiger charge is -2.18. The van der Waals surface area contributed by atoms with Crippen LogP contribution < -0.4 is 9.47 Å². The number of nitrogens with zero attached hydrogens (tertiary/aromatic N) is 2. The summed E-state index contributed by atoms with van der Waals surface area (Å²) < 4.78 is 38.2. The molecule has 0 N–H and O–H groups in total. The van der Waals surface area contributed by atoms with Gasteiger partial charge in [0.05, 0.1) is 18.6 Å². The third-order valence-electron chi connectivity index (χ3n) is 4.26. The van der Waals surface area contributed by atoms with Gasteiger partial charge in [-0.15, -0.1) is 0 Å². The number of methoxy groups -OCH3 is 1. The van der Waals surface area contributed by atoms with Gasteiger partial charge in [0.2, 0.25) is 15.9 Å². The maximum Gasteiger partial charge on any atom is 0.243 e. The van der Waals surface area contributed by atoms with E-state index in [1.807, 2.05) is 26.0 Å². The summed E-state index contributed by atoms with van der Waals surface area (Å²) in [6.07, 6.45) is 0.452. The van der Waals surface area contributed by atoms with Crippen LogP contribution in [0, 0.1) is 13.8 Å². The van der Waals surface area contributed by atoms with Gasteiger partial charge in [-0.2, -0.15) is 4.31 Å². The maximum atomic E-state index is 12.9. The molecule has 1 aliphatic rings. The molecule has 1 aromatic carbocycles. The van der Waals surface area contributed by atoms with Gasteiger partial charge < -0.3 is 9.47 Å². The molecule has 1 aromatic heterocycles. The zero-order chi connectivity index (χ0) is 18.0. The normalized spacial score (nSPS) is 18.3. The first kappa shape index (κ1) is 17.7. The zero-order valence-corrected chi connectivity index (χ0v) is 15.4. The monoisotopic (exact) mass is 362 g/mol. The average Bonchev–Trinajstić information content (AvgIpc) is 3.04. The fraction of sp³-hybridized carbons (Fsp3) is 0.389. The molecule has 1 fully saturated rings. The minimum absolute atomic E-state index is 0.191. The molecular weight excluding hydrogens is 340 g/mol. The van der Waals surface area contributed by atoms with E-state index in [9.17, 15) is 8.42 Å². The zero-order valence-electron chi connectivity index (χ0n) is 14.6. The van der Waals surface area contributed by atoms with E-state index in [0.717, 1.165) is 11.3 Å². The third kappa shape index (κ3) is 3.77. The second-order valence-electron chi connectivity index (χ2n) is 6.14. The molecule has 1 saturated heterocycles. The molecule has 3 rings (SSSR count). The van der Waals surface area contributed by atoms with Crippen LogP contribution in [-0.4, -0.2) is 44.0 Å². The van der Waals surface area contributed by atoms with E-state index in [-0.39, 0.29) is 11.0 Å². The van der Waals surface area contributed by atoms with E-state index >= 15 is 0 Å². The van der Waals surface area contributed by atoms with Gasteiger partial charge in [0, 0.05) is 18.3 Å². The fourth-order valence-corrected chi connectivity index (χ4v) is 4.50. The van der Waals surface area contributed by atoms with Crippen LogP contribution in [0.1, 0.15) is 17.7 Å². The number of pyridine rings is 1. The summed E-state index contributed by atoms with van der Waals surface area (Å²) in [5.74, 6) is 1.21. The minimum Gasteiger partial charge on any atom is -0.496 e. The van der Waals surface area contributed by atoms with Crippen molar-refractivity contribution in [2.45, 2.75) is 31.3 Å². The topological polar surface area (TPSA) is 68.7 Å². The van der Waals surface area contributed by atoms with Crippen molar-refractivity contribution in [1.29, 1.82) is 0 Å². The molecular formula is C18H22N2O4S. The van der Waals surface area contributed by atoms with Crippen molar-refractivity contribution < 1.29 is 17.9 Å². The van der Waals surface area contributed by atoms with Gasteiger partial charge in [-0.3, -0.25) is 0 Å². The Bertz CT molecular complexity index is 867. The number of aromatic nitrogens is 1. The van der Waals surface area contributed by atoms with Crippen LogP contribution >= 0.6 is 0 Å². The standard InChI is InChI=1S/C18H22N2O4S/c1-13-11-16(7-8-17(13)23-3)25(21,22)20-10-9-15(12-20)24-18-6-4-5-14(2)19-18/h4-8,11,15H,9-10,12H2,1-3H3. The van der Waals surface area contributed by atoms with Crippen molar-refractivity contribution in [3.63, 3.8) is 0 Å².